The zero-order valence-corrected chi connectivity index (χ0v) is 17.7. The number of ether oxygens (including phenoxy) is 1. The fourth-order valence-corrected chi connectivity index (χ4v) is 3.47. The second-order valence-corrected chi connectivity index (χ2v) is 7.66. The minimum Gasteiger partial charge on any atom is -0.378 e. The Morgan fingerprint density at radius 3 is 2.65 bits per heavy atom. The van der Waals surface area contributed by atoms with Crippen LogP contribution in [0.25, 0.3) is 0 Å². The minimum absolute atomic E-state index is 0.287. The fourth-order valence-electron chi connectivity index (χ4n) is 3.36. The van der Waals surface area contributed by atoms with Crippen molar-refractivity contribution in [3.63, 3.8) is 0 Å². The molecule has 3 aromatic rings. The highest BCUT2D eigenvalue weighted by Gasteiger charge is 2.14. The molecule has 0 atom stereocenters. The van der Waals surface area contributed by atoms with Crippen LogP contribution in [0, 0.1) is 12.7 Å². The number of halogens is 2. The number of nitrogens with zero attached hydrogens (tertiary/aromatic N) is 2. The van der Waals surface area contributed by atoms with Gasteiger partial charge in [-0.15, -0.1) is 0 Å². The smallest absolute Gasteiger partial charge is 0.257 e. The Bertz CT molecular complexity index is 1090. The van der Waals surface area contributed by atoms with Crippen LogP contribution in [0.5, 0.6) is 0 Å². The van der Waals surface area contributed by atoms with Gasteiger partial charge in [0.25, 0.3) is 5.91 Å². The topological polar surface area (TPSA) is 66.5 Å². The molecule has 4 rings (SSSR count). The Hall–Kier alpha value is -3.16. The molecule has 1 fully saturated rings. The summed E-state index contributed by atoms with van der Waals surface area (Å²) in [5, 5.41) is 6.45. The Balaban J connectivity index is 1.52. The molecule has 2 N–H and O–H groups in total. The van der Waals surface area contributed by atoms with Crippen molar-refractivity contribution in [2.24, 2.45) is 0 Å². The number of carbonyl (C=O) groups is 1. The Morgan fingerprint density at radius 2 is 1.90 bits per heavy atom. The van der Waals surface area contributed by atoms with Crippen LogP contribution < -0.4 is 15.5 Å². The van der Waals surface area contributed by atoms with Gasteiger partial charge in [-0.05, 0) is 55.0 Å². The van der Waals surface area contributed by atoms with Gasteiger partial charge in [-0.1, -0.05) is 17.7 Å². The molecule has 1 amide bonds. The van der Waals surface area contributed by atoms with Crippen molar-refractivity contribution in [3.8, 4) is 0 Å². The molecule has 0 spiro atoms. The lowest BCUT2D eigenvalue weighted by atomic mass is 10.1. The van der Waals surface area contributed by atoms with Gasteiger partial charge in [0.05, 0.1) is 18.8 Å². The number of aromatic nitrogens is 1. The lowest BCUT2D eigenvalue weighted by molar-refractivity contribution is 0.102. The molecule has 0 radical (unpaired) electrons. The average molecular weight is 441 g/mol. The van der Waals surface area contributed by atoms with Crippen LogP contribution >= 0.6 is 11.6 Å². The lowest BCUT2D eigenvalue weighted by Crippen LogP contribution is -2.36. The number of morpholine rings is 1. The minimum atomic E-state index is -0.317. The highest BCUT2D eigenvalue weighted by atomic mass is 35.5. The lowest BCUT2D eigenvalue weighted by Gasteiger charge is -2.29. The number of amides is 1. The Kier molecular flexibility index (Phi) is 6.34. The number of hydrogen-bond acceptors (Lipinski definition) is 5. The molecule has 0 bridgehead atoms. The van der Waals surface area contributed by atoms with E-state index in [1.54, 1.807) is 12.1 Å². The first-order valence-electron chi connectivity index (χ1n) is 9.92. The third-order valence-electron chi connectivity index (χ3n) is 5.02. The van der Waals surface area contributed by atoms with Crippen LogP contribution in [0.2, 0.25) is 5.15 Å². The largest absolute Gasteiger partial charge is 0.378 e. The molecule has 8 heteroatoms. The van der Waals surface area contributed by atoms with E-state index in [1.807, 2.05) is 31.2 Å². The van der Waals surface area contributed by atoms with Gasteiger partial charge in [-0.2, -0.15) is 0 Å². The predicted molar refractivity (Wildman–Crippen MR) is 121 cm³/mol. The van der Waals surface area contributed by atoms with E-state index in [9.17, 15) is 9.18 Å². The normalized spacial score (nSPS) is 13.7. The third kappa shape index (κ3) is 5.31. The third-order valence-corrected chi connectivity index (χ3v) is 5.25. The first-order valence-corrected chi connectivity index (χ1v) is 10.3. The number of pyridine rings is 1. The predicted octanol–water partition coefficient (Wildman–Crippen LogP) is 5.02. The number of aryl methyl sites for hydroxylation is 1. The molecular weight excluding hydrogens is 419 g/mol. The van der Waals surface area contributed by atoms with Crippen LogP contribution in [0.4, 0.5) is 27.1 Å². The van der Waals surface area contributed by atoms with Crippen LogP contribution in [-0.2, 0) is 4.74 Å². The van der Waals surface area contributed by atoms with E-state index < -0.39 is 0 Å². The van der Waals surface area contributed by atoms with Crippen molar-refractivity contribution in [1.82, 2.24) is 4.98 Å². The van der Waals surface area contributed by atoms with E-state index in [0.717, 1.165) is 30.0 Å². The van der Waals surface area contributed by atoms with Crippen LogP contribution in [0.15, 0.2) is 54.7 Å². The van der Waals surface area contributed by atoms with E-state index in [-0.39, 0.29) is 11.7 Å². The second-order valence-electron chi connectivity index (χ2n) is 7.28. The summed E-state index contributed by atoms with van der Waals surface area (Å²) in [5.74, 6) is -0.604. The van der Waals surface area contributed by atoms with Crippen LogP contribution in [0.3, 0.4) is 0 Å². The Labute approximate surface area is 185 Å². The highest BCUT2D eigenvalue weighted by Crippen LogP contribution is 2.28. The van der Waals surface area contributed by atoms with Gasteiger partial charge in [0, 0.05) is 42.0 Å². The maximum Gasteiger partial charge on any atom is 0.257 e. The van der Waals surface area contributed by atoms with Gasteiger partial charge in [-0.3, -0.25) is 4.79 Å². The number of rotatable bonds is 5. The van der Waals surface area contributed by atoms with E-state index >= 15 is 0 Å². The summed E-state index contributed by atoms with van der Waals surface area (Å²) in [6.45, 7) is 4.61. The van der Waals surface area contributed by atoms with Gasteiger partial charge in [0.1, 0.15) is 11.0 Å². The number of nitrogens with one attached hydrogen (secondary N) is 2. The summed E-state index contributed by atoms with van der Waals surface area (Å²) < 4.78 is 19.6. The molecule has 1 aliphatic rings. The van der Waals surface area contributed by atoms with E-state index in [0.29, 0.717) is 35.3 Å². The molecule has 0 saturated carbocycles. The standard InChI is InChI=1S/C23H22ClFN4O2/c1-15-2-4-18(13-21(15)28-23(30)16-3-5-22(24)26-14-16)27-19-10-17(25)11-20(12-19)29-6-8-31-9-7-29/h2-5,10-14,27H,6-9H2,1H3,(H,28,30). The average Bonchev–Trinajstić information content (AvgIpc) is 2.77. The number of carbonyl (C=O) groups excluding carboxylic acids is 1. The molecule has 2 aromatic carbocycles. The zero-order chi connectivity index (χ0) is 21.8. The molecular formula is C23H22ClFN4O2. The fraction of sp³-hybridized carbons (Fsp3) is 0.217. The van der Waals surface area contributed by atoms with Crippen molar-refractivity contribution >= 4 is 40.3 Å². The summed E-state index contributed by atoms with van der Waals surface area (Å²) in [6, 6.07) is 13.6. The van der Waals surface area contributed by atoms with Crippen molar-refractivity contribution < 1.29 is 13.9 Å². The number of anilines is 4. The van der Waals surface area contributed by atoms with Crippen LogP contribution in [-0.4, -0.2) is 37.2 Å². The molecule has 1 aromatic heterocycles. The summed E-state index contributed by atoms with van der Waals surface area (Å²) in [6.07, 6.45) is 1.43. The molecule has 1 saturated heterocycles. The monoisotopic (exact) mass is 440 g/mol. The molecule has 1 aliphatic heterocycles. The molecule has 2 heterocycles. The van der Waals surface area contributed by atoms with Crippen molar-refractivity contribution in [3.05, 3.63) is 76.8 Å². The van der Waals surface area contributed by atoms with Crippen molar-refractivity contribution in [1.29, 1.82) is 0 Å². The summed E-state index contributed by atoms with van der Waals surface area (Å²) in [5.41, 5.74) is 4.12. The first kappa shape index (κ1) is 21.1. The van der Waals surface area contributed by atoms with E-state index in [4.69, 9.17) is 16.3 Å². The maximum absolute atomic E-state index is 14.2. The summed E-state index contributed by atoms with van der Waals surface area (Å²) >= 11 is 5.78. The zero-order valence-electron chi connectivity index (χ0n) is 17.0. The van der Waals surface area contributed by atoms with E-state index in [1.165, 1.54) is 18.3 Å². The molecule has 160 valence electrons. The highest BCUT2D eigenvalue weighted by molar-refractivity contribution is 6.29. The summed E-state index contributed by atoms with van der Waals surface area (Å²) in [7, 11) is 0. The molecule has 6 nitrogen and oxygen atoms in total. The van der Waals surface area contributed by atoms with E-state index in [2.05, 4.69) is 20.5 Å². The first-order chi connectivity index (χ1) is 15.0. The number of hydrogen-bond donors (Lipinski definition) is 2. The van der Waals surface area contributed by atoms with Gasteiger partial charge >= 0.3 is 0 Å². The Morgan fingerprint density at radius 1 is 1.10 bits per heavy atom. The van der Waals surface area contributed by atoms with Gasteiger partial charge in [0.15, 0.2) is 0 Å². The summed E-state index contributed by atoms with van der Waals surface area (Å²) in [4.78, 5) is 18.6. The second kappa shape index (κ2) is 9.32. The maximum atomic E-state index is 14.2. The van der Waals surface area contributed by atoms with Gasteiger partial charge in [0.2, 0.25) is 0 Å². The van der Waals surface area contributed by atoms with Gasteiger partial charge < -0.3 is 20.3 Å². The van der Waals surface area contributed by atoms with Crippen LogP contribution in [0.1, 0.15) is 15.9 Å². The molecule has 0 unspecified atom stereocenters. The molecule has 0 aliphatic carbocycles. The quantitative estimate of drug-likeness (QED) is 0.545. The SMILES string of the molecule is Cc1ccc(Nc2cc(F)cc(N3CCOCC3)c2)cc1NC(=O)c1ccc(Cl)nc1. The number of benzene rings is 2. The van der Waals surface area contributed by atoms with Crippen molar-refractivity contribution in [2.75, 3.05) is 41.8 Å². The molecule has 31 heavy (non-hydrogen) atoms. The van der Waals surface area contributed by atoms with Crippen molar-refractivity contribution in [2.45, 2.75) is 6.92 Å². The van der Waals surface area contributed by atoms with Gasteiger partial charge in [-0.25, -0.2) is 9.37 Å².